The van der Waals surface area contributed by atoms with E-state index in [1.165, 1.54) is 10.9 Å². The number of aryl methyl sites for hydroxylation is 2. The van der Waals surface area contributed by atoms with Gasteiger partial charge >= 0.3 is 0 Å². The lowest BCUT2D eigenvalue weighted by Crippen LogP contribution is -2.67. The van der Waals surface area contributed by atoms with Crippen LogP contribution in [0.1, 0.15) is 67.3 Å². The average molecular weight is 573 g/mol. The third kappa shape index (κ3) is 4.99. The van der Waals surface area contributed by atoms with Gasteiger partial charge < -0.3 is 15.1 Å². The number of aromatic amines is 1. The Morgan fingerprint density at radius 3 is 2.52 bits per heavy atom. The minimum Gasteiger partial charge on any atom is -0.329 e. The molecular weight excluding hydrogens is 539 g/mol. The third-order valence-electron chi connectivity index (χ3n) is 8.50. The Balaban J connectivity index is 1.18. The fraction of sp³-hybridized carbons (Fsp3) is 0.414. The second-order valence-electron chi connectivity index (χ2n) is 11.2. The normalized spacial score (nSPS) is 21.7. The van der Waals surface area contributed by atoms with Crippen molar-refractivity contribution in [3.8, 4) is 5.82 Å². The molecule has 0 radical (unpaired) electrons. The van der Waals surface area contributed by atoms with Crippen LogP contribution in [-0.4, -0.2) is 75.7 Å². The Morgan fingerprint density at radius 2 is 1.88 bits per heavy atom. The minimum atomic E-state index is -0.919. The molecule has 2 amide bonds. The van der Waals surface area contributed by atoms with Gasteiger partial charge in [-0.05, 0) is 58.1 Å². The zero-order valence-electron chi connectivity index (χ0n) is 24.0. The van der Waals surface area contributed by atoms with Crippen LogP contribution in [0, 0.1) is 19.7 Å². The Kier molecular flexibility index (Phi) is 6.95. The van der Waals surface area contributed by atoms with Crippen LogP contribution in [0.3, 0.4) is 0 Å². The molecule has 1 aliphatic heterocycles. The van der Waals surface area contributed by atoms with E-state index in [0.29, 0.717) is 43.1 Å². The van der Waals surface area contributed by atoms with Crippen molar-refractivity contribution in [1.29, 1.82) is 0 Å². The van der Waals surface area contributed by atoms with E-state index >= 15 is 0 Å². The van der Waals surface area contributed by atoms with Gasteiger partial charge in [0.15, 0.2) is 17.5 Å². The van der Waals surface area contributed by atoms with Crippen molar-refractivity contribution in [1.82, 2.24) is 44.7 Å². The highest BCUT2D eigenvalue weighted by Crippen LogP contribution is 2.44. The van der Waals surface area contributed by atoms with Crippen molar-refractivity contribution in [3.05, 3.63) is 71.4 Å². The molecule has 1 saturated carbocycles. The Labute approximate surface area is 242 Å². The quantitative estimate of drug-likeness (QED) is 0.357. The molecule has 6 rings (SSSR count). The summed E-state index contributed by atoms with van der Waals surface area (Å²) in [5.41, 5.74) is 1.64. The Hall–Kier alpha value is -4.68. The van der Waals surface area contributed by atoms with Crippen LogP contribution in [0.4, 0.5) is 16.0 Å². The highest BCUT2D eigenvalue weighted by Gasteiger charge is 2.53. The number of carbonyl (C=O) groups is 2. The Bertz CT molecular complexity index is 1620. The third-order valence-corrected chi connectivity index (χ3v) is 8.50. The minimum absolute atomic E-state index is 0.00349. The SMILES string of the molecule is Cc1cc(Nc2cc(C)[nH]n2)nc(C2CCC3(CC2)C(=O)N([C@@H](C)c2ccc(-n4cc(F)cn4)nc2)CC(=O)N3C)n1. The van der Waals surface area contributed by atoms with Crippen molar-refractivity contribution < 1.29 is 14.0 Å². The van der Waals surface area contributed by atoms with Gasteiger partial charge in [-0.25, -0.2) is 24.0 Å². The summed E-state index contributed by atoms with van der Waals surface area (Å²) < 4.78 is 14.7. The lowest BCUT2D eigenvalue weighted by Gasteiger charge is -2.51. The maximum atomic E-state index is 14.1. The number of nitrogens with zero attached hydrogens (tertiary/aromatic N) is 8. The van der Waals surface area contributed by atoms with E-state index < -0.39 is 11.4 Å². The van der Waals surface area contributed by atoms with Gasteiger partial charge in [0.25, 0.3) is 0 Å². The number of carbonyl (C=O) groups excluding carboxylic acids is 2. The molecule has 0 unspecified atom stereocenters. The van der Waals surface area contributed by atoms with Crippen molar-refractivity contribution in [2.75, 3.05) is 18.9 Å². The summed E-state index contributed by atoms with van der Waals surface area (Å²) in [6, 6.07) is 6.96. The molecule has 218 valence electrons. The molecule has 2 N–H and O–H groups in total. The molecule has 0 bridgehead atoms. The molecule has 1 saturated heterocycles. The first kappa shape index (κ1) is 27.5. The standard InChI is InChI=1S/C29H33FN10O2/c1-17-11-23(34-24-12-18(2)36-37-24)35-27(33-17)20-7-9-29(10-8-20)28(42)39(16-26(41)38(29)4)19(3)21-5-6-25(31-13-21)40-15-22(30)14-32-40/h5-6,11-15,19-20H,7-10,16H2,1-4H3,(H2,33,34,35,36,37)/t19-,20?,29?/m0/s1. The summed E-state index contributed by atoms with van der Waals surface area (Å²) in [4.78, 5) is 44.6. The fourth-order valence-electron chi connectivity index (χ4n) is 6.03. The van der Waals surface area contributed by atoms with Crippen LogP contribution < -0.4 is 5.32 Å². The molecule has 2 aliphatic rings. The summed E-state index contributed by atoms with van der Waals surface area (Å²) in [5, 5.41) is 14.3. The molecule has 1 atom stereocenters. The summed E-state index contributed by atoms with van der Waals surface area (Å²) in [5.74, 6) is 1.99. The van der Waals surface area contributed by atoms with Gasteiger partial charge in [-0.15, -0.1) is 0 Å². The molecule has 12 nitrogen and oxygen atoms in total. The zero-order chi connectivity index (χ0) is 29.6. The molecule has 5 heterocycles. The number of hydrogen-bond donors (Lipinski definition) is 2. The van der Waals surface area contributed by atoms with Crippen LogP contribution in [0.25, 0.3) is 5.82 Å². The van der Waals surface area contributed by atoms with Gasteiger partial charge in [0.2, 0.25) is 11.8 Å². The van der Waals surface area contributed by atoms with E-state index in [0.717, 1.165) is 29.0 Å². The van der Waals surface area contributed by atoms with Crippen LogP contribution >= 0.6 is 0 Å². The predicted molar refractivity (Wildman–Crippen MR) is 152 cm³/mol. The topological polar surface area (TPSA) is 138 Å². The number of anilines is 2. The summed E-state index contributed by atoms with van der Waals surface area (Å²) in [6.45, 7) is 5.76. The molecule has 1 aliphatic carbocycles. The van der Waals surface area contributed by atoms with Crippen LogP contribution in [0.2, 0.25) is 0 Å². The monoisotopic (exact) mass is 572 g/mol. The number of nitrogens with one attached hydrogen (secondary N) is 2. The smallest absolute Gasteiger partial charge is 0.249 e. The Morgan fingerprint density at radius 1 is 1.10 bits per heavy atom. The second kappa shape index (κ2) is 10.6. The molecule has 42 heavy (non-hydrogen) atoms. The maximum Gasteiger partial charge on any atom is 0.249 e. The summed E-state index contributed by atoms with van der Waals surface area (Å²) in [7, 11) is 1.74. The van der Waals surface area contributed by atoms with E-state index in [1.54, 1.807) is 29.1 Å². The number of H-pyrrole nitrogens is 1. The van der Waals surface area contributed by atoms with Crippen molar-refractivity contribution in [3.63, 3.8) is 0 Å². The van der Waals surface area contributed by atoms with E-state index in [2.05, 4.69) is 25.6 Å². The number of aromatic nitrogens is 7. The first-order valence-electron chi connectivity index (χ1n) is 14.0. The van der Waals surface area contributed by atoms with Crippen LogP contribution in [0.5, 0.6) is 0 Å². The van der Waals surface area contributed by atoms with Crippen LogP contribution in [-0.2, 0) is 9.59 Å². The lowest BCUT2D eigenvalue weighted by atomic mass is 9.73. The molecule has 2 fully saturated rings. The first-order chi connectivity index (χ1) is 20.1. The summed E-state index contributed by atoms with van der Waals surface area (Å²) >= 11 is 0. The number of rotatable bonds is 6. The van der Waals surface area contributed by atoms with Gasteiger partial charge in [0.1, 0.15) is 23.7 Å². The number of likely N-dealkylation sites (N-methyl/N-ethyl adjacent to an activating group) is 1. The second-order valence-corrected chi connectivity index (χ2v) is 11.2. The zero-order valence-corrected chi connectivity index (χ0v) is 24.0. The molecule has 0 aromatic carbocycles. The van der Waals surface area contributed by atoms with E-state index in [4.69, 9.17) is 9.97 Å². The van der Waals surface area contributed by atoms with Gasteiger partial charge in [-0.1, -0.05) is 6.07 Å². The molecule has 13 heteroatoms. The number of hydrogen-bond acceptors (Lipinski definition) is 8. The van der Waals surface area contributed by atoms with E-state index in [9.17, 15) is 14.0 Å². The highest BCUT2D eigenvalue weighted by atomic mass is 19.1. The molecule has 4 aromatic rings. The largest absolute Gasteiger partial charge is 0.329 e. The van der Waals surface area contributed by atoms with Crippen molar-refractivity contribution in [2.45, 2.75) is 64.0 Å². The lowest BCUT2D eigenvalue weighted by molar-refractivity contribution is -0.168. The van der Waals surface area contributed by atoms with Crippen molar-refractivity contribution in [2.24, 2.45) is 0 Å². The number of halogens is 1. The predicted octanol–water partition coefficient (Wildman–Crippen LogP) is 3.74. The maximum absolute atomic E-state index is 14.1. The molecule has 4 aromatic heterocycles. The number of pyridine rings is 1. The summed E-state index contributed by atoms with van der Waals surface area (Å²) in [6.07, 6.45) is 6.38. The van der Waals surface area contributed by atoms with Gasteiger partial charge in [0, 0.05) is 42.7 Å². The fourth-order valence-corrected chi connectivity index (χ4v) is 6.03. The van der Waals surface area contributed by atoms with Crippen LogP contribution in [0.15, 0.2) is 42.9 Å². The van der Waals surface area contributed by atoms with Crippen molar-refractivity contribution >= 4 is 23.5 Å². The number of piperazine rings is 1. The number of amides is 2. The van der Waals surface area contributed by atoms with Gasteiger partial charge in [-0.2, -0.15) is 10.2 Å². The van der Waals surface area contributed by atoms with E-state index in [-0.39, 0.29) is 30.3 Å². The highest BCUT2D eigenvalue weighted by molar-refractivity contribution is 5.98. The molecular formula is C29H33FN10O2. The van der Waals surface area contributed by atoms with Gasteiger partial charge in [-0.3, -0.25) is 14.7 Å². The van der Waals surface area contributed by atoms with E-state index in [1.807, 2.05) is 39.0 Å². The first-order valence-corrected chi connectivity index (χ1v) is 14.0. The average Bonchev–Trinajstić information content (AvgIpc) is 3.61. The van der Waals surface area contributed by atoms with Gasteiger partial charge in [0.05, 0.1) is 18.4 Å². The molecule has 1 spiro atoms.